The predicted molar refractivity (Wildman–Crippen MR) is 88.2 cm³/mol. The summed E-state index contributed by atoms with van der Waals surface area (Å²) in [5.41, 5.74) is 8.15. The van der Waals surface area contributed by atoms with Crippen molar-refractivity contribution in [1.82, 2.24) is 4.98 Å². The molecule has 21 heavy (non-hydrogen) atoms. The molecule has 3 rings (SSSR count). The van der Waals surface area contributed by atoms with Crippen molar-refractivity contribution in [2.24, 2.45) is 0 Å². The van der Waals surface area contributed by atoms with Crippen LogP contribution in [0.4, 0.5) is 11.4 Å². The Balaban J connectivity index is 1.96. The number of hydrogen-bond donors (Lipinski definition) is 2. The van der Waals surface area contributed by atoms with Crippen molar-refractivity contribution in [3.05, 3.63) is 52.1 Å². The van der Waals surface area contributed by atoms with Crippen molar-refractivity contribution in [2.45, 2.75) is 6.92 Å². The summed E-state index contributed by atoms with van der Waals surface area (Å²) >= 11 is 7.31. The zero-order valence-electron chi connectivity index (χ0n) is 11.2. The van der Waals surface area contributed by atoms with Gasteiger partial charge in [-0.2, -0.15) is 0 Å². The Hall–Kier alpha value is -2.11. The molecule has 0 aliphatic heterocycles. The van der Waals surface area contributed by atoms with Gasteiger partial charge in [-0.05, 0) is 36.8 Å². The molecule has 3 aromatic rings. The number of benzene rings is 1. The number of nitrogens with two attached hydrogens (primary N) is 1. The van der Waals surface area contributed by atoms with Crippen LogP contribution in [0.2, 0.25) is 5.02 Å². The number of rotatable bonds is 2. The first-order valence-electron chi connectivity index (χ1n) is 6.25. The van der Waals surface area contributed by atoms with Gasteiger partial charge >= 0.3 is 0 Å². The van der Waals surface area contributed by atoms with E-state index in [2.05, 4.69) is 10.3 Å². The van der Waals surface area contributed by atoms with E-state index in [1.165, 1.54) is 11.3 Å². The van der Waals surface area contributed by atoms with Gasteiger partial charge in [-0.15, -0.1) is 11.3 Å². The Morgan fingerprint density at radius 3 is 2.90 bits per heavy atom. The van der Waals surface area contributed by atoms with Crippen LogP contribution in [0.1, 0.15) is 15.2 Å². The Bertz CT molecular complexity index is 844. The summed E-state index contributed by atoms with van der Waals surface area (Å²) in [6.07, 6.45) is 3.33. The minimum absolute atomic E-state index is 0.239. The molecule has 0 saturated carbocycles. The summed E-state index contributed by atoms with van der Waals surface area (Å²) in [5, 5.41) is 4.22. The average molecular weight is 318 g/mol. The number of halogens is 1. The molecule has 0 fully saturated rings. The summed E-state index contributed by atoms with van der Waals surface area (Å²) in [5.74, 6) is -0.239. The first kappa shape index (κ1) is 13.9. The van der Waals surface area contributed by atoms with Crippen LogP contribution in [0.3, 0.4) is 0 Å². The molecule has 6 heteroatoms. The maximum absolute atomic E-state index is 12.4. The first-order chi connectivity index (χ1) is 10.0. The number of carbonyl (C=O) groups excluding carboxylic acids is 1. The number of amides is 1. The summed E-state index contributed by atoms with van der Waals surface area (Å²) < 4.78 is 0.935. The molecule has 0 spiro atoms. The van der Waals surface area contributed by atoms with E-state index in [0.717, 1.165) is 15.6 Å². The molecule has 3 N–H and O–H groups in total. The van der Waals surface area contributed by atoms with Gasteiger partial charge in [-0.1, -0.05) is 11.6 Å². The number of nitrogen functional groups attached to an aromatic ring is 1. The number of nitrogens with one attached hydrogen (secondary N) is 1. The van der Waals surface area contributed by atoms with Gasteiger partial charge in [0.05, 0.1) is 17.6 Å². The largest absolute Gasteiger partial charge is 0.397 e. The second-order valence-corrected chi connectivity index (χ2v) is 6.18. The van der Waals surface area contributed by atoms with Gasteiger partial charge in [0.25, 0.3) is 5.91 Å². The molecule has 106 valence electrons. The third kappa shape index (κ3) is 2.70. The molecule has 2 heterocycles. The molecule has 0 aliphatic carbocycles. The van der Waals surface area contributed by atoms with Gasteiger partial charge in [0.1, 0.15) is 4.88 Å². The monoisotopic (exact) mass is 317 g/mol. The molecule has 1 amide bonds. The first-order valence-corrected chi connectivity index (χ1v) is 7.44. The number of pyridine rings is 1. The Morgan fingerprint density at radius 1 is 1.33 bits per heavy atom. The van der Waals surface area contributed by atoms with Gasteiger partial charge in [0.2, 0.25) is 0 Å². The molecule has 1 aromatic carbocycles. The van der Waals surface area contributed by atoms with Crippen LogP contribution < -0.4 is 11.1 Å². The molecule has 0 aliphatic rings. The zero-order chi connectivity index (χ0) is 15.0. The fraction of sp³-hybridized carbons (Fsp3) is 0.0667. The molecule has 4 nitrogen and oxygen atoms in total. The molecule has 0 atom stereocenters. The summed E-state index contributed by atoms with van der Waals surface area (Å²) in [4.78, 5) is 16.9. The van der Waals surface area contributed by atoms with Crippen LogP contribution in [0.25, 0.3) is 10.1 Å². The standard InChI is InChI=1S/C15H12ClN3OS/c1-8-4-10(7-18-6-8)19-15(20)14-13(17)11-5-9(16)2-3-12(11)21-14/h2-7H,17H2,1H3,(H,19,20). The number of thiophene rings is 1. The van der Waals surface area contributed by atoms with E-state index in [1.54, 1.807) is 24.5 Å². The van der Waals surface area contributed by atoms with Crippen LogP contribution in [0, 0.1) is 6.92 Å². The van der Waals surface area contributed by atoms with Crippen LogP contribution in [-0.2, 0) is 0 Å². The van der Waals surface area contributed by atoms with Gasteiger partial charge in [0.15, 0.2) is 0 Å². The number of anilines is 2. The number of aryl methyl sites for hydroxylation is 1. The topological polar surface area (TPSA) is 68.0 Å². The average Bonchev–Trinajstić information content (AvgIpc) is 2.76. The summed E-state index contributed by atoms with van der Waals surface area (Å²) in [7, 11) is 0. The fourth-order valence-corrected chi connectivity index (χ4v) is 3.24. The molecule has 0 saturated heterocycles. The minimum Gasteiger partial charge on any atom is -0.397 e. The van der Waals surface area contributed by atoms with Crippen molar-refractivity contribution in [3.63, 3.8) is 0 Å². The lowest BCUT2D eigenvalue weighted by atomic mass is 10.2. The van der Waals surface area contributed by atoms with Crippen molar-refractivity contribution >= 4 is 50.3 Å². The van der Waals surface area contributed by atoms with Gasteiger partial charge in [-0.25, -0.2) is 0 Å². The van der Waals surface area contributed by atoms with E-state index in [0.29, 0.717) is 21.3 Å². The molecule has 2 aromatic heterocycles. The van der Waals surface area contributed by atoms with Crippen molar-refractivity contribution < 1.29 is 4.79 Å². The van der Waals surface area contributed by atoms with Crippen LogP contribution in [0.15, 0.2) is 36.7 Å². The third-order valence-electron chi connectivity index (χ3n) is 3.03. The molecular weight excluding hydrogens is 306 g/mol. The Kier molecular flexibility index (Phi) is 3.53. The second-order valence-electron chi connectivity index (χ2n) is 4.69. The van der Waals surface area contributed by atoms with Crippen LogP contribution >= 0.6 is 22.9 Å². The Morgan fingerprint density at radius 2 is 2.14 bits per heavy atom. The smallest absolute Gasteiger partial charge is 0.267 e. The lowest BCUT2D eigenvalue weighted by Crippen LogP contribution is -2.12. The predicted octanol–water partition coefficient (Wildman–Crippen LogP) is 4.09. The second kappa shape index (κ2) is 5.35. The quantitative estimate of drug-likeness (QED) is 0.748. The minimum atomic E-state index is -0.239. The molecule has 0 unspecified atom stereocenters. The third-order valence-corrected chi connectivity index (χ3v) is 4.45. The maximum atomic E-state index is 12.4. The molecule has 0 radical (unpaired) electrons. The lowest BCUT2D eigenvalue weighted by Gasteiger charge is -2.04. The van der Waals surface area contributed by atoms with Crippen LogP contribution in [0.5, 0.6) is 0 Å². The van der Waals surface area contributed by atoms with Gasteiger partial charge in [0, 0.05) is 21.3 Å². The van der Waals surface area contributed by atoms with E-state index >= 15 is 0 Å². The van der Waals surface area contributed by atoms with Gasteiger partial charge < -0.3 is 11.1 Å². The van der Waals surface area contributed by atoms with Gasteiger partial charge in [-0.3, -0.25) is 9.78 Å². The highest BCUT2D eigenvalue weighted by Crippen LogP contribution is 2.35. The highest BCUT2D eigenvalue weighted by molar-refractivity contribution is 7.21. The SMILES string of the molecule is Cc1cncc(NC(=O)c2sc3ccc(Cl)cc3c2N)c1. The van der Waals surface area contributed by atoms with E-state index in [9.17, 15) is 4.79 Å². The van der Waals surface area contributed by atoms with Crippen molar-refractivity contribution in [2.75, 3.05) is 11.1 Å². The summed E-state index contributed by atoms with van der Waals surface area (Å²) in [6, 6.07) is 7.27. The fourth-order valence-electron chi connectivity index (χ4n) is 2.07. The van der Waals surface area contributed by atoms with E-state index in [-0.39, 0.29) is 5.91 Å². The molecular formula is C15H12ClN3OS. The highest BCUT2D eigenvalue weighted by Gasteiger charge is 2.16. The highest BCUT2D eigenvalue weighted by atomic mass is 35.5. The van der Waals surface area contributed by atoms with E-state index in [4.69, 9.17) is 17.3 Å². The molecule has 0 bridgehead atoms. The number of hydrogen-bond acceptors (Lipinski definition) is 4. The van der Waals surface area contributed by atoms with Crippen molar-refractivity contribution in [3.8, 4) is 0 Å². The van der Waals surface area contributed by atoms with E-state index < -0.39 is 0 Å². The van der Waals surface area contributed by atoms with Crippen molar-refractivity contribution in [1.29, 1.82) is 0 Å². The number of aromatic nitrogens is 1. The number of carbonyl (C=O) groups is 1. The zero-order valence-corrected chi connectivity index (χ0v) is 12.8. The van der Waals surface area contributed by atoms with E-state index in [1.807, 2.05) is 19.1 Å². The normalized spacial score (nSPS) is 10.8. The Labute approximate surface area is 130 Å². The number of nitrogens with zero attached hydrogens (tertiary/aromatic N) is 1. The lowest BCUT2D eigenvalue weighted by molar-refractivity contribution is 0.103. The van der Waals surface area contributed by atoms with Crippen LogP contribution in [-0.4, -0.2) is 10.9 Å². The summed E-state index contributed by atoms with van der Waals surface area (Å²) in [6.45, 7) is 1.92. The maximum Gasteiger partial charge on any atom is 0.267 e. The number of fused-ring (bicyclic) bond motifs is 1.